The van der Waals surface area contributed by atoms with Crippen molar-refractivity contribution in [1.82, 2.24) is 19.8 Å². The van der Waals surface area contributed by atoms with E-state index in [2.05, 4.69) is 14.9 Å². The van der Waals surface area contributed by atoms with Gasteiger partial charge in [0.05, 0.1) is 13.7 Å². The second-order valence-electron chi connectivity index (χ2n) is 7.74. The van der Waals surface area contributed by atoms with Crippen molar-refractivity contribution in [3.63, 3.8) is 0 Å². The molecule has 34 heavy (non-hydrogen) atoms. The topological polar surface area (TPSA) is 117 Å². The lowest BCUT2D eigenvalue weighted by Gasteiger charge is -2.18. The first kappa shape index (κ1) is 23.1. The van der Waals surface area contributed by atoms with Crippen molar-refractivity contribution in [2.75, 3.05) is 26.8 Å². The normalized spacial score (nSPS) is 13.2. The lowest BCUT2D eigenvalue weighted by Crippen LogP contribution is -2.34. The minimum Gasteiger partial charge on any atom is -0.492 e. The Morgan fingerprint density at radius 1 is 1.18 bits per heavy atom. The van der Waals surface area contributed by atoms with Crippen LogP contribution in [0, 0.1) is 12.7 Å². The molecule has 3 heterocycles. The SMILES string of the molecule is COC(=O)c1c(OCCc2ccccc2F)cc(=O)n2c1CCN(C(=O)c1nonc1C)CC2. The summed E-state index contributed by atoms with van der Waals surface area (Å²) >= 11 is 0. The molecule has 0 bridgehead atoms. The average Bonchev–Trinajstić information content (AvgIpc) is 3.13. The summed E-state index contributed by atoms with van der Waals surface area (Å²) in [6, 6.07) is 7.53. The standard InChI is InChI=1S/C23H23FN4O6/c1-14-21(26-34-25-14)22(30)27-9-7-17-20(23(31)32-2)18(13-19(29)28(17)11-10-27)33-12-8-15-5-3-4-6-16(15)24/h3-6,13H,7-12H2,1-2H3. The number of carbonyl (C=O) groups excluding carboxylic acids is 2. The Hall–Kier alpha value is -4.02. The summed E-state index contributed by atoms with van der Waals surface area (Å²) in [6.45, 7) is 2.29. The summed E-state index contributed by atoms with van der Waals surface area (Å²) in [5.41, 5.74) is 1.07. The van der Waals surface area contributed by atoms with Gasteiger partial charge in [-0.25, -0.2) is 13.8 Å². The monoisotopic (exact) mass is 470 g/mol. The third kappa shape index (κ3) is 4.54. The van der Waals surface area contributed by atoms with Gasteiger partial charge in [0, 0.05) is 44.2 Å². The van der Waals surface area contributed by atoms with Crippen LogP contribution in [0.15, 0.2) is 39.8 Å². The Balaban J connectivity index is 1.60. The van der Waals surface area contributed by atoms with E-state index in [4.69, 9.17) is 9.47 Å². The second kappa shape index (κ2) is 9.86. The number of esters is 1. The maximum Gasteiger partial charge on any atom is 0.343 e. The molecule has 1 amide bonds. The summed E-state index contributed by atoms with van der Waals surface area (Å²) < 4.78 is 30.7. The summed E-state index contributed by atoms with van der Waals surface area (Å²) in [7, 11) is 1.24. The molecule has 0 fully saturated rings. The van der Waals surface area contributed by atoms with E-state index in [1.54, 1.807) is 25.1 Å². The van der Waals surface area contributed by atoms with Crippen molar-refractivity contribution in [2.45, 2.75) is 26.3 Å². The maximum atomic E-state index is 13.9. The predicted octanol–water partition coefficient (Wildman–Crippen LogP) is 1.79. The number of amides is 1. The zero-order chi connectivity index (χ0) is 24.2. The van der Waals surface area contributed by atoms with E-state index in [-0.39, 0.29) is 73.4 Å². The van der Waals surface area contributed by atoms with Crippen LogP contribution in [0.4, 0.5) is 4.39 Å². The summed E-state index contributed by atoms with van der Waals surface area (Å²) in [5.74, 6) is -1.33. The molecule has 2 aromatic heterocycles. The van der Waals surface area contributed by atoms with Gasteiger partial charge < -0.3 is 18.9 Å². The highest BCUT2D eigenvalue weighted by Gasteiger charge is 2.29. The highest BCUT2D eigenvalue weighted by Crippen LogP contribution is 2.25. The van der Waals surface area contributed by atoms with Crippen molar-refractivity contribution in [1.29, 1.82) is 0 Å². The molecule has 1 aromatic carbocycles. The summed E-state index contributed by atoms with van der Waals surface area (Å²) in [4.78, 5) is 39.9. The Kier molecular flexibility index (Phi) is 6.71. The molecule has 0 spiro atoms. The number of pyridine rings is 1. The van der Waals surface area contributed by atoms with Gasteiger partial charge in [0.2, 0.25) is 0 Å². The molecule has 0 aliphatic carbocycles. The third-order valence-corrected chi connectivity index (χ3v) is 5.71. The minimum absolute atomic E-state index is 0.0524. The molecule has 4 rings (SSSR count). The molecule has 3 aromatic rings. The van der Waals surface area contributed by atoms with Gasteiger partial charge in [-0.3, -0.25) is 9.59 Å². The van der Waals surface area contributed by atoms with Gasteiger partial charge >= 0.3 is 5.97 Å². The number of benzene rings is 1. The van der Waals surface area contributed by atoms with Crippen LogP contribution in [0.25, 0.3) is 0 Å². The van der Waals surface area contributed by atoms with E-state index in [1.165, 1.54) is 28.7 Å². The molecule has 0 atom stereocenters. The van der Waals surface area contributed by atoms with Gasteiger partial charge in [0.15, 0.2) is 5.69 Å². The fourth-order valence-corrected chi connectivity index (χ4v) is 3.94. The van der Waals surface area contributed by atoms with Gasteiger partial charge in [-0.05, 0) is 23.7 Å². The van der Waals surface area contributed by atoms with Crippen LogP contribution in [0.2, 0.25) is 0 Å². The van der Waals surface area contributed by atoms with Crippen LogP contribution in [0.3, 0.4) is 0 Å². The Morgan fingerprint density at radius 3 is 2.68 bits per heavy atom. The minimum atomic E-state index is -0.666. The van der Waals surface area contributed by atoms with Gasteiger partial charge in [0.25, 0.3) is 11.5 Å². The van der Waals surface area contributed by atoms with Gasteiger partial charge in [-0.1, -0.05) is 23.4 Å². The molecule has 0 unspecified atom stereocenters. The first-order chi connectivity index (χ1) is 16.4. The van der Waals surface area contributed by atoms with Crippen molar-refractivity contribution >= 4 is 11.9 Å². The number of aromatic nitrogens is 3. The molecule has 0 saturated heterocycles. The number of aryl methyl sites for hydroxylation is 1. The lowest BCUT2D eigenvalue weighted by atomic mass is 10.1. The first-order valence-electron chi connectivity index (χ1n) is 10.7. The largest absolute Gasteiger partial charge is 0.492 e. The van der Waals surface area contributed by atoms with Crippen molar-refractivity contribution in [3.8, 4) is 5.75 Å². The van der Waals surface area contributed by atoms with Crippen LogP contribution < -0.4 is 10.3 Å². The Labute approximate surface area is 193 Å². The summed E-state index contributed by atoms with van der Waals surface area (Å²) in [6.07, 6.45) is 0.458. The number of nitrogens with zero attached hydrogens (tertiary/aromatic N) is 4. The first-order valence-corrected chi connectivity index (χ1v) is 10.7. The molecule has 10 nitrogen and oxygen atoms in total. The molecular weight excluding hydrogens is 447 g/mol. The molecule has 0 N–H and O–H groups in total. The van der Waals surface area contributed by atoms with Crippen LogP contribution in [0.5, 0.6) is 5.75 Å². The number of fused-ring (bicyclic) bond motifs is 1. The fraction of sp³-hybridized carbons (Fsp3) is 0.348. The highest BCUT2D eigenvalue weighted by molar-refractivity contribution is 5.94. The van der Waals surface area contributed by atoms with Crippen LogP contribution in [0.1, 0.15) is 37.8 Å². The van der Waals surface area contributed by atoms with E-state index in [0.717, 1.165) is 0 Å². The smallest absolute Gasteiger partial charge is 0.343 e. The number of carbonyl (C=O) groups is 2. The van der Waals surface area contributed by atoms with E-state index in [1.807, 2.05) is 0 Å². The number of halogens is 1. The Bertz CT molecular complexity index is 1280. The van der Waals surface area contributed by atoms with Crippen molar-refractivity contribution in [3.05, 3.63) is 74.7 Å². The molecule has 11 heteroatoms. The third-order valence-electron chi connectivity index (χ3n) is 5.71. The molecule has 1 aliphatic rings. The summed E-state index contributed by atoms with van der Waals surface area (Å²) in [5, 5.41) is 7.29. The van der Waals surface area contributed by atoms with Crippen LogP contribution in [-0.2, 0) is 24.1 Å². The average molecular weight is 470 g/mol. The zero-order valence-corrected chi connectivity index (χ0v) is 18.7. The maximum absolute atomic E-state index is 13.9. The molecule has 0 radical (unpaired) electrons. The molecule has 1 aliphatic heterocycles. The van der Waals surface area contributed by atoms with Gasteiger partial charge in [-0.2, -0.15) is 0 Å². The second-order valence-corrected chi connectivity index (χ2v) is 7.74. The number of hydrogen-bond acceptors (Lipinski definition) is 8. The Morgan fingerprint density at radius 2 is 1.97 bits per heavy atom. The quantitative estimate of drug-likeness (QED) is 0.501. The number of ether oxygens (including phenoxy) is 2. The van der Waals surface area contributed by atoms with E-state index in [0.29, 0.717) is 17.0 Å². The van der Waals surface area contributed by atoms with Crippen LogP contribution >= 0.6 is 0 Å². The number of hydrogen-bond donors (Lipinski definition) is 0. The molecule has 178 valence electrons. The molecular formula is C23H23FN4O6. The lowest BCUT2D eigenvalue weighted by molar-refractivity contribution is 0.0593. The van der Waals surface area contributed by atoms with Crippen molar-refractivity contribution in [2.24, 2.45) is 0 Å². The fourth-order valence-electron chi connectivity index (χ4n) is 3.94. The zero-order valence-electron chi connectivity index (χ0n) is 18.7. The molecule has 0 saturated carbocycles. The number of rotatable bonds is 6. The van der Waals surface area contributed by atoms with E-state index < -0.39 is 5.97 Å². The van der Waals surface area contributed by atoms with E-state index >= 15 is 0 Å². The highest BCUT2D eigenvalue weighted by atomic mass is 19.1. The van der Waals surface area contributed by atoms with Crippen LogP contribution in [-0.4, -0.2) is 58.5 Å². The predicted molar refractivity (Wildman–Crippen MR) is 116 cm³/mol. The van der Waals surface area contributed by atoms with Gasteiger partial charge in [0.1, 0.15) is 22.8 Å². The van der Waals surface area contributed by atoms with Gasteiger partial charge in [-0.15, -0.1) is 0 Å². The van der Waals surface area contributed by atoms with E-state index in [9.17, 15) is 18.8 Å². The number of methoxy groups -OCH3 is 1. The van der Waals surface area contributed by atoms with Crippen molar-refractivity contribution < 1.29 is 28.1 Å².